The smallest absolute Gasteiger partial charge is 0.175 e. The van der Waals surface area contributed by atoms with E-state index in [-0.39, 0.29) is 17.3 Å². The van der Waals surface area contributed by atoms with E-state index in [4.69, 9.17) is 4.74 Å². The number of aromatic hydroxyl groups is 1. The van der Waals surface area contributed by atoms with Crippen LogP contribution < -0.4 is 4.74 Å². The number of allylic oxidation sites excluding steroid dienone is 1. The van der Waals surface area contributed by atoms with Crippen molar-refractivity contribution < 1.29 is 22.7 Å². The van der Waals surface area contributed by atoms with Crippen LogP contribution in [0.5, 0.6) is 11.5 Å². The molecule has 4 nitrogen and oxygen atoms in total. The van der Waals surface area contributed by atoms with Gasteiger partial charge in [0, 0.05) is 17.4 Å². The molecule has 0 fully saturated rings. The first-order valence-corrected chi connectivity index (χ1v) is 8.82. The molecule has 6 heteroatoms. The molecule has 2 aromatic rings. The molecule has 120 valence electrons. The van der Waals surface area contributed by atoms with E-state index < -0.39 is 15.7 Å². The highest BCUT2D eigenvalue weighted by Crippen LogP contribution is 2.39. The first kappa shape index (κ1) is 15.6. The van der Waals surface area contributed by atoms with Gasteiger partial charge >= 0.3 is 0 Å². The normalized spacial score (nSPS) is 14.4. The van der Waals surface area contributed by atoms with E-state index in [1.54, 1.807) is 12.1 Å². The summed E-state index contributed by atoms with van der Waals surface area (Å²) in [5, 5.41) is 9.64. The molecule has 0 atom stereocenters. The van der Waals surface area contributed by atoms with E-state index in [2.05, 4.69) is 0 Å². The molecule has 0 aliphatic carbocycles. The van der Waals surface area contributed by atoms with Gasteiger partial charge in [0.1, 0.15) is 23.9 Å². The zero-order chi connectivity index (χ0) is 16.8. The molecule has 0 radical (unpaired) electrons. The van der Waals surface area contributed by atoms with Crippen LogP contribution in [0.25, 0.3) is 11.1 Å². The summed E-state index contributed by atoms with van der Waals surface area (Å²) < 4.78 is 42.9. The van der Waals surface area contributed by atoms with E-state index in [1.165, 1.54) is 18.2 Å². The van der Waals surface area contributed by atoms with Gasteiger partial charge in [-0.05, 0) is 54.5 Å². The number of rotatable bonds is 2. The Labute approximate surface area is 133 Å². The van der Waals surface area contributed by atoms with Crippen molar-refractivity contribution in [3.63, 3.8) is 0 Å². The lowest BCUT2D eigenvalue weighted by molar-refractivity contribution is 0.363. The number of phenolic OH excluding ortho intramolecular Hbond substituents is 1. The molecule has 3 rings (SSSR count). The van der Waals surface area contributed by atoms with Crippen LogP contribution in [0.15, 0.2) is 41.3 Å². The molecule has 2 aromatic carbocycles. The van der Waals surface area contributed by atoms with E-state index in [9.17, 15) is 17.9 Å². The zero-order valence-electron chi connectivity index (χ0n) is 12.6. The molecule has 0 unspecified atom stereocenters. The Balaban J connectivity index is 2.19. The highest BCUT2D eigenvalue weighted by Gasteiger charge is 2.21. The van der Waals surface area contributed by atoms with Crippen molar-refractivity contribution >= 4 is 21.0 Å². The maximum Gasteiger partial charge on any atom is 0.175 e. The van der Waals surface area contributed by atoms with Gasteiger partial charge in [-0.3, -0.25) is 0 Å². The number of fused-ring (bicyclic) bond motifs is 1. The standard InChI is InChI=1S/C17H15FO4S/c1-10-15-8-13(19)3-4-17(15)22-9-16(10)11-5-12(18)7-14(6-11)23(2,20)21/h3-8,19H,9H2,1-2H3. The lowest BCUT2D eigenvalue weighted by atomic mass is 9.93. The van der Waals surface area contributed by atoms with Crippen LogP contribution in [-0.4, -0.2) is 26.4 Å². The summed E-state index contributed by atoms with van der Waals surface area (Å²) in [4.78, 5) is -0.0745. The summed E-state index contributed by atoms with van der Waals surface area (Å²) in [5.41, 5.74) is 2.66. The predicted molar refractivity (Wildman–Crippen MR) is 85.6 cm³/mol. The lowest BCUT2D eigenvalue weighted by Crippen LogP contribution is -2.10. The molecule has 0 amide bonds. The lowest BCUT2D eigenvalue weighted by Gasteiger charge is -2.23. The van der Waals surface area contributed by atoms with Crippen LogP contribution in [0.3, 0.4) is 0 Å². The molecule has 0 saturated carbocycles. The molecule has 0 bridgehead atoms. The van der Waals surface area contributed by atoms with Gasteiger partial charge in [-0.25, -0.2) is 12.8 Å². The summed E-state index contributed by atoms with van der Waals surface area (Å²) in [6.07, 6.45) is 1.04. The molecule has 1 heterocycles. The van der Waals surface area contributed by atoms with Crippen molar-refractivity contribution in [2.75, 3.05) is 12.9 Å². The van der Waals surface area contributed by atoms with Gasteiger partial charge in [-0.2, -0.15) is 0 Å². The van der Waals surface area contributed by atoms with Crippen LogP contribution in [0.2, 0.25) is 0 Å². The molecular formula is C17H15FO4S. The van der Waals surface area contributed by atoms with Crippen LogP contribution in [0.1, 0.15) is 18.1 Å². The summed E-state index contributed by atoms with van der Waals surface area (Å²) in [6, 6.07) is 8.48. The Morgan fingerprint density at radius 2 is 1.91 bits per heavy atom. The van der Waals surface area contributed by atoms with Crippen LogP contribution in [-0.2, 0) is 9.84 Å². The highest BCUT2D eigenvalue weighted by atomic mass is 32.2. The Bertz CT molecular complexity index is 930. The number of phenols is 1. The number of hydrogen-bond acceptors (Lipinski definition) is 4. The van der Waals surface area contributed by atoms with E-state index >= 15 is 0 Å². The summed E-state index contributed by atoms with van der Waals surface area (Å²) in [6.45, 7) is 2.04. The third-order valence-corrected chi connectivity index (χ3v) is 4.93. The second-order valence-electron chi connectivity index (χ2n) is 5.52. The SMILES string of the molecule is CC1=C(c2cc(F)cc(S(C)(=O)=O)c2)COc2ccc(O)cc21. The molecule has 0 spiro atoms. The van der Waals surface area contributed by atoms with Crippen LogP contribution in [0.4, 0.5) is 4.39 Å². The highest BCUT2D eigenvalue weighted by molar-refractivity contribution is 7.90. The fraction of sp³-hybridized carbons (Fsp3) is 0.176. The van der Waals surface area contributed by atoms with Gasteiger partial charge < -0.3 is 9.84 Å². The van der Waals surface area contributed by atoms with E-state index in [0.717, 1.165) is 17.9 Å². The number of hydrogen-bond donors (Lipinski definition) is 1. The van der Waals surface area contributed by atoms with Crippen molar-refractivity contribution in [3.05, 3.63) is 53.3 Å². The number of halogens is 1. The van der Waals surface area contributed by atoms with E-state index in [1.807, 2.05) is 6.92 Å². The molecule has 1 aliphatic rings. The molecule has 0 aromatic heterocycles. The Morgan fingerprint density at radius 3 is 2.61 bits per heavy atom. The Kier molecular flexibility index (Phi) is 3.64. The van der Waals surface area contributed by atoms with Crippen LogP contribution >= 0.6 is 0 Å². The van der Waals surface area contributed by atoms with Crippen molar-refractivity contribution in [2.45, 2.75) is 11.8 Å². The molecule has 0 saturated heterocycles. The van der Waals surface area contributed by atoms with Gasteiger partial charge in [-0.1, -0.05) is 0 Å². The second-order valence-corrected chi connectivity index (χ2v) is 7.54. The third-order valence-electron chi connectivity index (χ3n) is 3.84. The average Bonchev–Trinajstić information content (AvgIpc) is 2.46. The summed E-state index contributed by atoms with van der Waals surface area (Å²) >= 11 is 0. The monoisotopic (exact) mass is 334 g/mol. The molecular weight excluding hydrogens is 319 g/mol. The first-order chi connectivity index (χ1) is 10.8. The zero-order valence-corrected chi connectivity index (χ0v) is 13.4. The fourth-order valence-corrected chi connectivity index (χ4v) is 3.28. The minimum Gasteiger partial charge on any atom is -0.508 e. The van der Waals surface area contributed by atoms with Crippen molar-refractivity contribution in [3.8, 4) is 11.5 Å². The van der Waals surface area contributed by atoms with Gasteiger partial charge in [0.2, 0.25) is 0 Å². The van der Waals surface area contributed by atoms with Crippen molar-refractivity contribution in [1.29, 1.82) is 0 Å². The average molecular weight is 334 g/mol. The Hall–Kier alpha value is -2.34. The van der Waals surface area contributed by atoms with Gasteiger partial charge in [0.25, 0.3) is 0 Å². The first-order valence-electron chi connectivity index (χ1n) is 6.92. The number of benzene rings is 2. The number of sulfone groups is 1. The maximum atomic E-state index is 13.8. The molecule has 1 N–H and O–H groups in total. The fourth-order valence-electron chi connectivity index (χ4n) is 2.61. The predicted octanol–water partition coefficient (Wildman–Crippen LogP) is 3.26. The van der Waals surface area contributed by atoms with Crippen molar-refractivity contribution in [2.24, 2.45) is 0 Å². The van der Waals surface area contributed by atoms with E-state index in [0.29, 0.717) is 22.4 Å². The maximum absolute atomic E-state index is 13.8. The molecule has 23 heavy (non-hydrogen) atoms. The van der Waals surface area contributed by atoms with Crippen molar-refractivity contribution in [1.82, 2.24) is 0 Å². The summed E-state index contributed by atoms with van der Waals surface area (Å²) in [7, 11) is -3.51. The van der Waals surface area contributed by atoms with Gasteiger partial charge in [0.15, 0.2) is 9.84 Å². The van der Waals surface area contributed by atoms with Gasteiger partial charge in [-0.15, -0.1) is 0 Å². The minimum absolute atomic E-state index is 0.0745. The van der Waals surface area contributed by atoms with Crippen LogP contribution in [0, 0.1) is 5.82 Å². The quantitative estimate of drug-likeness (QED) is 0.916. The van der Waals surface area contributed by atoms with Gasteiger partial charge in [0.05, 0.1) is 4.90 Å². The third kappa shape index (κ3) is 2.94. The Morgan fingerprint density at radius 1 is 1.17 bits per heavy atom. The topological polar surface area (TPSA) is 63.6 Å². The minimum atomic E-state index is -3.51. The molecule has 1 aliphatic heterocycles. The summed E-state index contributed by atoms with van der Waals surface area (Å²) in [5.74, 6) is 0.109. The largest absolute Gasteiger partial charge is 0.508 e. The number of ether oxygens (including phenoxy) is 1. The second kappa shape index (κ2) is 5.38.